The molecule has 1 saturated heterocycles. The average Bonchev–Trinajstić information content (AvgIpc) is 3.14. The Balaban J connectivity index is 1.78. The number of aromatic hydroxyl groups is 1. The zero-order valence-electron chi connectivity index (χ0n) is 24.7. The molecule has 0 spiro atoms. The molecule has 12 heteroatoms. The summed E-state index contributed by atoms with van der Waals surface area (Å²) in [6, 6.07) is 4.66. The van der Waals surface area contributed by atoms with Crippen molar-refractivity contribution in [1.82, 2.24) is 19.4 Å². The molecule has 44 heavy (non-hydrogen) atoms. The van der Waals surface area contributed by atoms with Gasteiger partial charge in [0.05, 0.1) is 39.1 Å². The number of phenols is 1. The fourth-order valence-electron chi connectivity index (χ4n) is 6.48. The Morgan fingerprint density at radius 2 is 1.98 bits per heavy atom. The number of aryl methyl sites for hydroxylation is 1. The van der Waals surface area contributed by atoms with Crippen LogP contribution < -0.4 is 15.9 Å². The topological polar surface area (TPSA) is 104 Å². The van der Waals surface area contributed by atoms with Crippen LogP contribution >= 0.6 is 11.6 Å². The van der Waals surface area contributed by atoms with Gasteiger partial charge in [0.1, 0.15) is 22.9 Å². The van der Waals surface area contributed by atoms with Gasteiger partial charge in [-0.15, -0.1) is 0 Å². The minimum Gasteiger partial charge on any atom is -0.507 e. The summed E-state index contributed by atoms with van der Waals surface area (Å²) in [6.45, 7) is 11.9. The van der Waals surface area contributed by atoms with E-state index in [4.69, 9.17) is 11.6 Å². The lowest BCUT2D eigenvalue weighted by molar-refractivity contribution is -0.127. The van der Waals surface area contributed by atoms with Crippen LogP contribution in [-0.4, -0.2) is 62.2 Å². The highest BCUT2D eigenvalue weighted by Crippen LogP contribution is 2.49. The van der Waals surface area contributed by atoms with Gasteiger partial charge in [0.2, 0.25) is 5.91 Å². The molecule has 4 heterocycles. The number of benzene rings is 2. The van der Waals surface area contributed by atoms with E-state index in [1.807, 2.05) is 25.7 Å². The number of pyridine rings is 1. The van der Waals surface area contributed by atoms with E-state index in [1.54, 1.807) is 24.1 Å². The third-order valence-corrected chi connectivity index (χ3v) is 8.77. The second-order valence-corrected chi connectivity index (χ2v) is 11.9. The molecule has 2 aliphatic rings. The van der Waals surface area contributed by atoms with Gasteiger partial charge in [-0.3, -0.25) is 14.3 Å². The molecule has 0 bridgehead atoms. The van der Waals surface area contributed by atoms with Crippen molar-refractivity contribution in [1.29, 1.82) is 0 Å². The summed E-state index contributed by atoms with van der Waals surface area (Å²) in [7, 11) is 0. The minimum atomic E-state index is -0.999. The highest BCUT2D eigenvalue weighted by atomic mass is 35.5. The number of phenolic OH excluding ortho intramolecular Hbond substituents is 1. The minimum absolute atomic E-state index is 0.148. The molecule has 0 aliphatic carbocycles. The second-order valence-electron chi connectivity index (χ2n) is 11.5. The first-order valence-electron chi connectivity index (χ1n) is 14.3. The highest BCUT2D eigenvalue weighted by Gasteiger charge is 2.40. The van der Waals surface area contributed by atoms with E-state index >= 15 is 8.78 Å². The molecule has 2 unspecified atom stereocenters. The zero-order chi connectivity index (χ0) is 31.6. The molecular formula is C32H31ClF2N6O3. The monoisotopic (exact) mass is 620 g/mol. The molecule has 6 rings (SSSR count). The van der Waals surface area contributed by atoms with E-state index < -0.39 is 34.2 Å². The summed E-state index contributed by atoms with van der Waals surface area (Å²) in [6.07, 6.45) is 2.87. The quantitative estimate of drug-likeness (QED) is 0.289. The highest BCUT2D eigenvalue weighted by molar-refractivity contribution is 6.38. The largest absolute Gasteiger partial charge is 0.507 e. The van der Waals surface area contributed by atoms with Crippen LogP contribution in [0.15, 0.2) is 47.9 Å². The van der Waals surface area contributed by atoms with Gasteiger partial charge in [-0.05, 0) is 49.6 Å². The number of halogens is 3. The van der Waals surface area contributed by atoms with Crippen molar-refractivity contribution in [3.05, 3.63) is 81.5 Å². The number of aromatic nitrogens is 3. The fourth-order valence-corrected chi connectivity index (χ4v) is 6.82. The third kappa shape index (κ3) is 4.40. The number of piperazine rings is 1. The van der Waals surface area contributed by atoms with Crippen molar-refractivity contribution in [2.24, 2.45) is 0 Å². The molecule has 2 aromatic heterocycles. The van der Waals surface area contributed by atoms with Crippen LogP contribution in [0.25, 0.3) is 27.7 Å². The zero-order valence-corrected chi connectivity index (χ0v) is 25.4. The molecule has 0 saturated carbocycles. The standard InChI is InChI=1S/C32H31ClF2N6O3/c1-6-21(43)39-13-17(5)40-18(14-39)12-37-28-24-30(26(35)23(25(28)33)22-19(34)8-7-9-20(22)42)41(32(44)38-31(24)40)29-16(4)10-11-36-27(29)15(2)3/h6-11,15,17-18,37,42H,1,12-14H2,2-5H3. The van der Waals surface area contributed by atoms with E-state index in [0.717, 1.165) is 6.07 Å². The van der Waals surface area contributed by atoms with Crippen LogP contribution in [0.2, 0.25) is 5.02 Å². The van der Waals surface area contributed by atoms with Crippen molar-refractivity contribution < 1.29 is 18.7 Å². The number of rotatable bonds is 4. The summed E-state index contributed by atoms with van der Waals surface area (Å²) in [5, 5.41) is 14.1. The molecule has 2 aliphatic heterocycles. The summed E-state index contributed by atoms with van der Waals surface area (Å²) in [5.74, 6) is -2.59. The Labute approximate surface area is 257 Å². The SMILES string of the molecule is C=CC(=O)N1CC(C)N2c3nc(=O)n(-c4c(C)ccnc4C(C)C)c4c(F)c(-c5c(O)cccc5F)c(Cl)c(c34)NCC2C1. The number of anilines is 2. The van der Waals surface area contributed by atoms with Crippen LogP contribution in [0.5, 0.6) is 5.75 Å². The Bertz CT molecular complexity index is 1910. The molecule has 2 aromatic carbocycles. The van der Waals surface area contributed by atoms with Gasteiger partial charge < -0.3 is 20.2 Å². The van der Waals surface area contributed by atoms with Crippen molar-refractivity contribution in [3.63, 3.8) is 0 Å². The van der Waals surface area contributed by atoms with Crippen LogP contribution in [0.3, 0.4) is 0 Å². The lowest BCUT2D eigenvalue weighted by atomic mass is 9.98. The van der Waals surface area contributed by atoms with Gasteiger partial charge in [-0.2, -0.15) is 4.98 Å². The van der Waals surface area contributed by atoms with Crippen molar-refractivity contribution in [3.8, 4) is 22.6 Å². The van der Waals surface area contributed by atoms with Gasteiger partial charge >= 0.3 is 5.69 Å². The summed E-state index contributed by atoms with van der Waals surface area (Å²) in [4.78, 5) is 39.4. The lowest BCUT2D eigenvalue weighted by Gasteiger charge is -2.45. The lowest BCUT2D eigenvalue weighted by Crippen LogP contribution is -2.61. The first-order valence-corrected chi connectivity index (χ1v) is 14.7. The van der Waals surface area contributed by atoms with E-state index in [1.165, 1.54) is 22.8 Å². The van der Waals surface area contributed by atoms with Crippen molar-refractivity contribution in [2.75, 3.05) is 29.9 Å². The van der Waals surface area contributed by atoms with Crippen LogP contribution in [0.1, 0.15) is 37.9 Å². The number of hydrogen-bond acceptors (Lipinski definition) is 7. The average molecular weight is 621 g/mol. The maximum absolute atomic E-state index is 17.3. The predicted octanol–water partition coefficient (Wildman–Crippen LogP) is 5.53. The predicted molar refractivity (Wildman–Crippen MR) is 167 cm³/mol. The van der Waals surface area contributed by atoms with Crippen LogP contribution in [0.4, 0.5) is 20.3 Å². The number of carbonyl (C=O) groups excluding carboxylic acids is 1. The maximum atomic E-state index is 17.3. The number of fused-ring (bicyclic) bond motifs is 2. The van der Waals surface area contributed by atoms with Gasteiger partial charge in [-0.25, -0.2) is 13.6 Å². The molecule has 2 atom stereocenters. The number of carbonyl (C=O) groups is 1. The van der Waals surface area contributed by atoms with Gasteiger partial charge in [0.25, 0.3) is 0 Å². The van der Waals surface area contributed by atoms with E-state index in [0.29, 0.717) is 23.5 Å². The van der Waals surface area contributed by atoms with E-state index in [-0.39, 0.29) is 64.4 Å². The van der Waals surface area contributed by atoms with E-state index in [2.05, 4.69) is 21.9 Å². The molecule has 1 fully saturated rings. The third-order valence-electron chi connectivity index (χ3n) is 8.39. The van der Waals surface area contributed by atoms with Crippen molar-refractivity contribution in [2.45, 2.75) is 45.7 Å². The van der Waals surface area contributed by atoms with Gasteiger partial charge in [0, 0.05) is 37.4 Å². The first kappa shape index (κ1) is 29.6. The van der Waals surface area contributed by atoms with Gasteiger partial charge in [-0.1, -0.05) is 38.1 Å². The normalized spacial score (nSPS) is 17.8. The molecule has 4 aromatic rings. The fraction of sp³-hybridized carbons (Fsp3) is 0.312. The molecule has 9 nitrogen and oxygen atoms in total. The molecule has 228 valence electrons. The Kier molecular flexibility index (Phi) is 7.31. The Morgan fingerprint density at radius 1 is 1.23 bits per heavy atom. The summed E-state index contributed by atoms with van der Waals surface area (Å²) in [5.41, 5.74) is 0.00604. The number of amides is 1. The molecule has 1 amide bonds. The smallest absolute Gasteiger partial charge is 0.354 e. The second kappa shape index (κ2) is 10.9. The maximum Gasteiger partial charge on any atom is 0.354 e. The first-order chi connectivity index (χ1) is 21.0. The Morgan fingerprint density at radius 3 is 2.66 bits per heavy atom. The number of hydrogen-bond donors (Lipinski definition) is 2. The number of nitrogens with zero attached hydrogens (tertiary/aromatic N) is 5. The van der Waals surface area contributed by atoms with Crippen LogP contribution in [0, 0.1) is 18.6 Å². The van der Waals surface area contributed by atoms with Gasteiger partial charge in [0.15, 0.2) is 5.82 Å². The van der Waals surface area contributed by atoms with E-state index in [9.17, 15) is 14.7 Å². The molecular weight excluding hydrogens is 590 g/mol. The summed E-state index contributed by atoms with van der Waals surface area (Å²) < 4.78 is 33.8. The molecule has 2 N–H and O–H groups in total. The van der Waals surface area contributed by atoms with Crippen molar-refractivity contribution >= 4 is 39.9 Å². The Hall–Kier alpha value is -4.51. The summed E-state index contributed by atoms with van der Waals surface area (Å²) >= 11 is 6.93. The molecule has 0 radical (unpaired) electrons. The number of nitrogens with one attached hydrogen (secondary N) is 1. The van der Waals surface area contributed by atoms with Crippen LogP contribution in [-0.2, 0) is 4.79 Å².